The number of hydrogen-bond donors (Lipinski definition) is 2. The molecule has 3 aromatic rings. The minimum absolute atomic E-state index is 0.0290. The molecule has 160 valence electrons. The standard InChI is InChI=1S/C25H20ClN3O3/c1-17-7-10-21(14-23(17)26)28-24(30)16-32-22-11-8-18(9-12-22)13-19(15-27)25(31)29-20-5-3-2-4-6-20/h2-14H,16H2,1H3,(H,28,30)(H,29,31)/b19-13+. The maximum atomic E-state index is 12.3. The summed E-state index contributed by atoms with van der Waals surface area (Å²) in [5, 5.41) is 15.3. The molecule has 0 heterocycles. The van der Waals surface area contributed by atoms with Crippen LogP contribution in [0, 0.1) is 18.3 Å². The zero-order valence-electron chi connectivity index (χ0n) is 17.3. The summed E-state index contributed by atoms with van der Waals surface area (Å²) in [6, 6.07) is 22.8. The van der Waals surface area contributed by atoms with Crippen molar-refractivity contribution < 1.29 is 14.3 Å². The summed E-state index contributed by atoms with van der Waals surface area (Å²) in [6.07, 6.45) is 1.48. The average molecular weight is 446 g/mol. The number of aryl methyl sites for hydroxylation is 1. The van der Waals surface area contributed by atoms with Crippen LogP contribution >= 0.6 is 11.6 Å². The Bertz CT molecular complexity index is 1180. The maximum absolute atomic E-state index is 12.3. The monoisotopic (exact) mass is 445 g/mol. The van der Waals surface area contributed by atoms with Gasteiger partial charge in [-0.3, -0.25) is 9.59 Å². The summed E-state index contributed by atoms with van der Waals surface area (Å²) in [6.45, 7) is 1.70. The van der Waals surface area contributed by atoms with E-state index in [1.165, 1.54) is 6.08 Å². The van der Waals surface area contributed by atoms with Crippen molar-refractivity contribution in [2.24, 2.45) is 0 Å². The quantitative estimate of drug-likeness (QED) is 0.385. The molecule has 0 atom stereocenters. The van der Waals surface area contributed by atoms with E-state index in [1.807, 2.05) is 25.1 Å². The number of carbonyl (C=O) groups is 2. The minimum Gasteiger partial charge on any atom is -0.484 e. The minimum atomic E-state index is -0.494. The van der Waals surface area contributed by atoms with Gasteiger partial charge in [-0.25, -0.2) is 0 Å². The second kappa shape index (κ2) is 10.8. The molecule has 0 aliphatic carbocycles. The van der Waals surface area contributed by atoms with Crippen LogP contribution < -0.4 is 15.4 Å². The summed E-state index contributed by atoms with van der Waals surface area (Å²) < 4.78 is 5.50. The number of nitrogens with one attached hydrogen (secondary N) is 2. The molecule has 0 aliphatic heterocycles. The third kappa shape index (κ3) is 6.46. The lowest BCUT2D eigenvalue weighted by Crippen LogP contribution is -2.20. The fourth-order valence-corrected chi connectivity index (χ4v) is 2.89. The number of ether oxygens (including phenoxy) is 1. The number of anilines is 2. The van der Waals surface area contributed by atoms with Gasteiger partial charge in [-0.2, -0.15) is 5.26 Å². The van der Waals surface area contributed by atoms with Gasteiger partial charge in [-0.1, -0.05) is 48.0 Å². The van der Waals surface area contributed by atoms with E-state index in [1.54, 1.807) is 60.7 Å². The Morgan fingerprint density at radius 3 is 2.38 bits per heavy atom. The number of nitrogens with zero attached hydrogens (tertiary/aromatic N) is 1. The highest BCUT2D eigenvalue weighted by Gasteiger charge is 2.10. The third-order valence-corrected chi connectivity index (χ3v) is 4.82. The smallest absolute Gasteiger partial charge is 0.266 e. The Balaban J connectivity index is 1.56. The van der Waals surface area contributed by atoms with E-state index >= 15 is 0 Å². The van der Waals surface area contributed by atoms with Gasteiger partial charge in [0.15, 0.2) is 6.61 Å². The molecule has 7 heteroatoms. The molecule has 2 N–H and O–H groups in total. The van der Waals surface area contributed by atoms with Crippen molar-refractivity contribution in [3.05, 3.63) is 94.5 Å². The van der Waals surface area contributed by atoms with E-state index in [4.69, 9.17) is 16.3 Å². The van der Waals surface area contributed by atoms with Crippen molar-refractivity contribution in [2.75, 3.05) is 17.2 Å². The molecule has 0 bridgehead atoms. The van der Waals surface area contributed by atoms with E-state index < -0.39 is 5.91 Å². The van der Waals surface area contributed by atoms with Gasteiger partial charge in [0.1, 0.15) is 17.4 Å². The maximum Gasteiger partial charge on any atom is 0.266 e. The molecule has 6 nitrogen and oxygen atoms in total. The summed E-state index contributed by atoms with van der Waals surface area (Å²) in [4.78, 5) is 24.4. The van der Waals surface area contributed by atoms with Crippen molar-refractivity contribution in [1.29, 1.82) is 5.26 Å². The van der Waals surface area contributed by atoms with Crippen LogP contribution in [0.1, 0.15) is 11.1 Å². The molecule has 3 rings (SSSR count). The number of carbonyl (C=O) groups excluding carboxylic acids is 2. The zero-order chi connectivity index (χ0) is 22.9. The van der Waals surface area contributed by atoms with Crippen LogP contribution in [-0.2, 0) is 9.59 Å². The number of halogens is 1. The van der Waals surface area contributed by atoms with Crippen LogP contribution in [0.15, 0.2) is 78.4 Å². The number of para-hydroxylation sites is 1. The SMILES string of the molecule is Cc1ccc(NC(=O)COc2ccc(/C=C(\C#N)C(=O)Nc3ccccc3)cc2)cc1Cl. The second-order valence-electron chi connectivity index (χ2n) is 6.86. The molecule has 0 spiro atoms. The Hall–Kier alpha value is -4.08. The van der Waals surface area contributed by atoms with Crippen LogP contribution in [-0.4, -0.2) is 18.4 Å². The predicted octanol–water partition coefficient (Wildman–Crippen LogP) is 5.21. The first kappa shape index (κ1) is 22.6. The summed E-state index contributed by atoms with van der Waals surface area (Å²) >= 11 is 6.06. The first-order valence-corrected chi connectivity index (χ1v) is 10.1. The van der Waals surface area contributed by atoms with Crippen LogP contribution in [0.5, 0.6) is 5.75 Å². The number of rotatable bonds is 7. The molecule has 0 fully saturated rings. The van der Waals surface area contributed by atoms with Gasteiger partial charge in [0, 0.05) is 16.4 Å². The molecule has 0 saturated carbocycles. The van der Waals surface area contributed by atoms with Gasteiger partial charge in [0.2, 0.25) is 0 Å². The molecule has 0 unspecified atom stereocenters. The summed E-state index contributed by atoms with van der Waals surface area (Å²) in [5.41, 5.74) is 2.74. The van der Waals surface area contributed by atoms with E-state index in [9.17, 15) is 14.9 Å². The molecular formula is C25H20ClN3O3. The average Bonchev–Trinajstić information content (AvgIpc) is 2.80. The highest BCUT2D eigenvalue weighted by atomic mass is 35.5. The Morgan fingerprint density at radius 2 is 1.72 bits per heavy atom. The molecule has 32 heavy (non-hydrogen) atoms. The van der Waals surface area contributed by atoms with Crippen molar-refractivity contribution in [3.63, 3.8) is 0 Å². The molecule has 0 aromatic heterocycles. The molecule has 2 amide bonds. The van der Waals surface area contributed by atoms with Crippen LogP contribution in [0.4, 0.5) is 11.4 Å². The van der Waals surface area contributed by atoms with Gasteiger partial charge >= 0.3 is 0 Å². The normalized spacial score (nSPS) is 10.7. The number of hydrogen-bond acceptors (Lipinski definition) is 4. The molecule has 0 aliphatic rings. The van der Waals surface area contributed by atoms with Gasteiger partial charge in [0.05, 0.1) is 0 Å². The number of nitriles is 1. The first-order valence-electron chi connectivity index (χ1n) is 9.71. The number of amides is 2. The molecule has 0 radical (unpaired) electrons. The fourth-order valence-electron chi connectivity index (χ4n) is 2.71. The largest absolute Gasteiger partial charge is 0.484 e. The highest BCUT2D eigenvalue weighted by molar-refractivity contribution is 6.31. The molecule has 0 saturated heterocycles. The van der Waals surface area contributed by atoms with Gasteiger partial charge in [-0.15, -0.1) is 0 Å². The van der Waals surface area contributed by atoms with Crippen molar-refractivity contribution >= 4 is 40.9 Å². The van der Waals surface area contributed by atoms with Crippen LogP contribution in [0.25, 0.3) is 6.08 Å². The van der Waals surface area contributed by atoms with E-state index in [0.29, 0.717) is 27.7 Å². The number of benzene rings is 3. The lowest BCUT2D eigenvalue weighted by molar-refractivity contribution is -0.118. The second-order valence-corrected chi connectivity index (χ2v) is 7.27. The van der Waals surface area contributed by atoms with Crippen molar-refractivity contribution in [3.8, 4) is 11.8 Å². The summed E-state index contributed by atoms with van der Waals surface area (Å²) in [7, 11) is 0. The van der Waals surface area contributed by atoms with Crippen LogP contribution in [0.3, 0.4) is 0 Å². The zero-order valence-corrected chi connectivity index (χ0v) is 18.0. The fraction of sp³-hybridized carbons (Fsp3) is 0.0800. The van der Waals surface area contributed by atoms with E-state index in [-0.39, 0.29) is 18.1 Å². The molecule has 3 aromatic carbocycles. The van der Waals surface area contributed by atoms with E-state index in [2.05, 4.69) is 10.6 Å². The van der Waals surface area contributed by atoms with Crippen LogP contribution in [0.2, 0.25) is 5.02 Å². The highest BCUT2D eigenvalue weighted by Crippen LogP contribution is 2.20. The predicted molar refractivity (Wildman–Crippen MR) is 125 cm³/mol. The molecular weight excluding hydrogens is 426 g/mol. The first-order chi connectivity index (χ1) is 15.4. The lowest BCUT2D eigenvalue weighted by atomic mass is 10.1. The van der Waals surface area contributed by atoms with Crippen molar-refractivity contribution in [1.82, 2.24) is 0 Å². The summed E-state index contributed by atoms with van der Waals surface area (Å²) in [5.74, 6) is -0.336. The Labute approximate surface area is 191 Å². The van der Waals surface area contributed by atoms with Gasteiger partial charge < -0.3 is 15.4 Å². The lowest BCUT2D eigenvalue weighted by Gasteiger charge is -2.09. The van der Waals surface area contributed by atoms with E-state index in [0.717, 1.165) is 5.56 Å². The van der Waals surface area contributed by atoms with Gasteiger partial charge in [0.25, 0.3) is 11.8 Å². The van der Waals surface area contributed by atoms with Crippen molar-refractivity contribution in [2.45, 2.75) is 6.92 Å². The Morgan fingerprint density at radius 1 is 1.00 bits per heavy atom. The third-order valence-electron chi connectivity index (χ3n) is 4.41. The Kier molecular flexibility index (Phi) is 7.63. The topological polar surface area (TPSA) is 91.2 Å². The van der Waals surface area contributed by atoms with Gasteiger partial charge in [-0.05, 0) is 60.5 Å².